The molecule has 6 heteroatoms. The number of imidazole rings is 2. The van der Waals surface area contributed by atoms with Gasteiger partial charge in [-0.2, -0.15) is 0 Å². The van der Waals surface area contributed by atoms with E-state index in [4.69, 9.17) is 0 Å². The van der Waals surface area contributed by atoms with Crippen LogP contribution in [0.2, 0.25) is 0 Å². The summed E-state index contributed by atoms with van der Waals surface area (Å²) in [5, 5.41) is 0. The van der Waals surface area contributed by atoms with E-state index in [9.17, 15) is 0 Å². The fourth-order valence-electron chi connectivity index (χ4n) is 3.17. The maximum absolute atomic E-state index is 2.42. The second kappa shape index (κ2) is 11.0. The van der Waals surface area contributed by atoms with Gasteiger partial charge in [0.05, 0.1) is 27.2 Å². The Labute approximate surface area is 146 Å². The Morgan fingerprint density at radius 1 is 0.750 bits per heavy atom. The van der Waals surface area contributed by atoms with E-state index in [1.165, 1.54) is 37.3 Å². The van der Waals surface area contributed by atoms with Gasteiger partial charge in [0.1, 0.15) is 24.8 Å². The first kappa shape index (κ1) is 22.3. The highest BCUT2D eigenvalue weighted by atomic mass is 16.0. The third kappa shape index (κ3) is 5.46. The first-order chi connectivity index (χ1) is 10.7. The Balaban J connectivity index is 0.00000264. The average molecular weight is 338 g/mol. The molecule has 2 aromatic heterocycles. The molecule has 0 aliphatic heterocycles. The SMILES string of the molecule is CCCc1n(C)cc[n+]1CCCC[n+]1ccn(C)c1CCC.[OH-].[OH-]. The van der Waals surface area contributed by atoms with Crippen molar-refractivity contribution in [2.75, 3.05) is 0 Å². The van der Waals surface area contributed by atoms with Crippen molar-refractivity contribution in [3.05, 3.63) is 36.4 Å². The molecule has 0 bridgehead atoms. The quantitative estimate of drug-likeness (QED) is 0.518. The van der Waals surface area contributed by atoms with Crippen LogP contribution >= 0.6 is 0 Å². The molecule has 0 unspecified atom stereocenters. The van der Waals surface area contributed by atoms with Gasteiger partial charge < -0.3 is 11.0 Å². The molecule has 0 saturated carbocycles. The van der Waals surface area contributed by atoms with E-state index in [0.717, 1.165) is 25.9 Å². The lowest BCUT2D eigenvalue weighted by Crippen LogP contribution is -2.39. The summed E-state index contributed by atoms with van der Waals surface area (Å²) in [7, 11) is 4.30. The van der Waals surface area contributed by atoms with E-state index in [1.807, 2.05) is 0 Å². The normalized spacial score (nSPS) is 10.3. The number of aromatic nitrogens is 4. The van der Waals surface area contributed by atoms with Crippen LogP contribution in [0.15, 0.2) is 24.8 Å². The first-order valence-electron chi connectivity index (χ1n) is 8.74. The third-order valence-corrected chi connectivity index (χ3v) is 4.41. The van der Waals surface area contributed by atoms with E-state index in [-0.39, 0.29) is 11.0 Å². The Morgan fingerprint density at radius 2 is 1.12 bits per heavy atom. The van der Waals surface area contributed by atoms with Gasteiger partial charge in [0.15, 0.2) is 0 Å². The second-order valence-electron chi connectivity index (χ2n) is 6.24. The highest BCUT2D eigenvalue weighted by Crippen LogP contribution is 2.01. The van der Waals surface area contributed by atoms with Crippen molar-refractivity contribution in [3.8, 4) is 0 Å². The zero-order valence-corrected chi connectivity index (χ0v) is 15.6. The largest absolute Gasteiger partial charge is 0.870 e. The van der Waals surface area contributed by atoms with Crippen LogP contribution < -0.4 is 9.13 Å². The first-order valence-corrected chi connectivity index (χ1v) is 8.74. The van der Waals surface area contributed by atoms with Crippen LogP contribution in [0.1, 0.15) is 51.2 Å². The predicted molar refractivity (Wildman–Crippen MR) is 92.3 cm³/mol. The molecule has 24 heavy (non-hydrogen) atoms. The van der Waals surface area contributed by atoms with Crippen LogP contribution in [0.3, 0.4) is 0 Å². The van der Waals surface area contributed by atoms with E-state index in [1.54, 1.807) is 0 Å². The second-order valence-corrected chi connectivity index (χ2v) is 6.24. The number of hydrogen-bond acceptors (Lipinski definition) is 2. The summed E-state index contributed by atoms with van der Waals surface area (Å²) in [5.41, 5.74) is 0. The lowest BCUT2D eigenvalue weighted by atomic mass is 10.2. The number of unbranched alkanes of at least 4 members (excludes halogenated alkanes) is 1. The molecule has 0 aliphatic rings. The molecule has 0 spiro atoms. The Morgan fingerprint density at radius 3 is 1.46 bits per heavy atom. The highest BCUT2D eigenvalue weighted by molar-refractivity contribution is 4.82. The highest BCUT2D eigenvalue weighted by Gasteiger charge is 2.15. The summed E-state index contributed by atoms with van der Waals surface area (Å²) < 4.78 is 9.36. The molecule has 2 rings (SSSR count). The van der Waals surface area contributed by atoms with Gasteiger partial charge in [0.25, 0.3) is 11.6 Å². The summed E-state index contributed by atoms with van der Waals surface area (Å²) in [5.74, 6) is 2.89. The fourth-order valence-corrected chi connectivity index (χ4v) is 3.17. The predicted octanol–water partition coefficient (Wildman–Crippen LogP) is 1.97. The molecule has 0 saturated heterocycles. The van der Waals surface area contributed by atoms with E-state index >= 15 is 0 Å². The van der Waals surface area contributed by atoms with Crippen molar-refractivity contribution in [1.82, 2.24) is 9.13 Å². The molecule has 0 amide bonds. The Hall–Kier alpha value is -1.66. The topological polar surface area (TPSA) is 77.6 Å². The van der Waals surface area contributed by atoms with Crippen LogP contribution in [0.4, 0.5) is 0 Å². The Kier molecular flexibility index (Phi) is 10.2. The van der Waals surface area contributed by atoms with Gasteiger partial charge in [-0.25, -0.2) is 18.3 Å². The molecule has 6 nitrogen and oxygen atoms in total. The minimum Gasteiger partial charge on any atom is -0.870 e. The molecule has 2 N–H and O–H groups in total. The maximum atomic E-state index is 2.42. The van der Waals surface area contributed by atoms with Crippen LogP contribution in [-0.2, 0) is 40.0 Å². The summed E-state index contributed by atoms with van der Waals surface area (Å²) in [4.78, 5) is 0. The van der Waals surface area contributed by atoms with Gasteiger partial charge in [0, 0.05) is 12.8 Å². The summed E-state index contributed by atoms with van der Waals surface area (Å²) in [6, 6.07) is 0. The average Bonchev–Trinajstić information content (AvgIpc) is 3.02. The van der Waals surface area contributed by atoms with Crippen LogP contribution in [0, 0.1) is 0 Å². The molecule has 0 aromatic carbocycles. The van der Waals surface area contributed by atoms with Crippen LogP contribution in [0.5, 0.6) is 0 Å². The van der Waals surface area contributed by atoms with Crippen molar-refractivity contribution in [1.29, 1.82) is 0 Å². The zero-order valence-electron chi connectivity index (χ0n) is 15.6. The van der Waals surface area contributed by atoms with Gasteiger partial charge >= 0.3 is 0 Å². The van der Waals surface area contributed by atoms with Crippen LogP contribution in [0.25, 0.3) is 0 Å². The number of rotatable bonds is 9. The minimum absolute atomic E-state index is 0. The minimum atomic E-state index is 0. The van der Waals surface area contributed by atoms with Gasteiger partial charge in [-0.3, -0.25) is 0 Å². The van der Waals surface area contributed by atoms with Crippen molar-refractivity contribution >= 4 is 0 Å². The number of hydrogen-bond donors (Lipinski definition) is 0. The molecular formula is C18H34N4O2. The Bertz CT molecular complexity index is 538. The van der Waals surface area contributed by atoms with Crippen molar-refractivity contribution in [2.45, 2.75) is 65.5 Å². The van der Waals surface area contributed by atoms with Gasteiger partial charge in [-0.15, -0.1) is 0 Å². The van der Waals surface area contributed by atoms with Gasteiger partial charge in [-0.1, -0.05) is 13.8 Å². The van der Waals surface area contributed by atoms with Crippen molar-refractivity contribution < 1.29 is 20.1 Å². The lowest BCUT2D eigenvalue weighted by Gasteiger charge is -2.03. The smallest absolute Gasteiger partial charge is 0.256 e. The molecule has 2 aromatic rings. The van der Waals surface area contributed by atoms with E-state index < -0.39 is 0 Å². The maximum Gasteiger partial charge on any atom is 0.256 e. The molecule has 0 fully saturated rings. The number of nitrogens with zero attached hydrogens (tertiary/aromatic N) is 4. The molecule has 0 atom stereocenters. The fraction of sp³-hybridized carbons (Fsp3) is 0.667. The summed E-state index contributed by atoms with van der Waals surface area (Å²) in [6.45, 7) is 6.76. The van der Waals surface area contributed by atoms with E-state index in [2.05, 4.69) is 71.0 Å². The van der Waals surface area contributed by atoms with Gasteiger partial charge in [-0.05, 0) is 25.7 Å². The molecular weight excluding hydrogens is 304 g/mol. The standard InChI is InChI=1S/C18H32N4.2H2O/c1-5-9-17-19(3)13-15-21(17)11-7-8-12-22-16-14-20(4)18(22)10-6-2;;/h13-16H,5-12H2,1-4H3;2*1H2/q+2;;/p-2. The van der Waals surface area contributed by atoms with Crippen molar-refractivity contribution in [2.24, 2.45) is 14.1 Å². The molecule has 2 heterocycles. The monoisotopic (exact) mass is 338 g/mol. The zero-order chi connectivity index (χ0) is 15.9. The molecule has 0 aliphatic carbocycles. The molecule has 0 radical (unpaired) electrons. The van der Waals surface area contributed by atoms with Gasteiger partial charge in [0.2, 0.25) is 0 Å². The van der Waals surface area contributed by atoms with E-state index in [0.29, 0.717) is 0 Å². The third-order valence-electron chi connectivity index (χ3n) is 4.41. The number of aryl methyl sites for hydroxylation is 4. The van der Waals surface area contributed by atoms with Crippen molar-refractivity contribution in [3.63, 3.8) is 0 Å². The lowest BCUT2D eigenvalue weighted by molar-refractivity contribution is -0.714. The molecule has 138 valence electrons. The van der Waals surface area contributed by atoms with Crippen LogP contribution in [-0.4, -0.2) is 20.1 Å². The summed E-state index contributed by atoms with van der Waals surface area (Å²) >= 11 is 0. The summed E-state index contributed by atoms with van der Waals surface area (Å²) in [6.07, 6.45) is 16.0.